The van der Waals surface area contributed by atoms with Crippen LogP contribution in [-0.2, 0) is 28.7 Å². The van der Waals surface area contributed by atoms with Gasteiger partial charge in [-0.15, -0.1) is 0 Å². The van der Waals surface area contributed by atoms with Gasteiger partial charge in [-0.3, -0.25) is 9.59 Å². The Bertz CT molecular complexity index is 1230. The van der Waals surface area contributed by atoms with Gasteiger partial charge >= 0.3 is 0 Å². The second kappa shape index (κ2) is 13.1. The molecule has 0 bridgehead atoms. The SMILES string of the molecule is CCC(CC)CCn1c(C(=O)N2CCOCC2)cn(CC(=O)c2cc(C(C)(C)C)c(O)c(C(C)(C)C)c2)/c1=N\Br. The number of hydrogen-bond acceptors (Lipinski definition) is 5. The third-order valence-electron chi connectivity index (χ3n) is 7.94. The van der Waals surface area contributed by atoms with E-state index < -0.39 is 0 Å². The number of phenols is 1. The molecule has 1 amide bonds. The van der Waals surface area contributed by atoms with Gasteiger partial charge in [0.2, 0.25) is 5.62 Å². The lowest BCUT2D eigenvalue weighted by Gasteiger charge is -2.28. The maximum atomic E-state index is 13.8. The molecule has 3 rings (SSSR count). The molecular weight excluding hydrogens is 572 g/mol. The van der Waals surface area contributed by atoms with E-state index >= 15 is 0 Å². The van der Waals surface area contributed by atoms with Gasteiger partial charge in [0.25, 0.3) is 5.91 Å². The van der Waals surface area contributed by atoms with Gasteiger partial charge in [-0.05, 0) is 35.3 Å². The first-order chi connectivity index (χ1) is 18.7. The molecule has 0 unspecified atom stereocenters. The summed E-state index contributed by atoms with van der Waals surface area (Å²) < 4.78 is 13.5. The fourth-order valence-corrected chi connectivity index (χ4v) is 5.66. The van der Waals surface area contributed by atoms with Gasteiger partial charge < -0.3 is 23.9 Å². The Hall–Kier alpha value is -2.39. The number of amides is 1. The summed E-state index contributed by atoms with van der Waals surface area (Å²) in [4.78, 5) is 29.3. The Balaban J connectivity index is 2.07. The lowest BCUT2D eigenvalue weighted by Crippen LogP contribution is -2.42. The van der Waals surface area contributed by atoms with E-state index in [1.165, 1.54) is 0 Å². The fraction of sp³-hybridized carbons (Fsp3) is 0.645. The van der Waals surface area contributed by atoms with E-state index in [1.54, 1.807) is 10.8 Å². The van der Waals surface area contributed by atoms with Gasteiger partial charge in [-0.25, -0.2) is 0 Å². The highest BCUT2D eigenvalue weighted by atomic mass is 79.9. The lowest BCUT2D eigenvalue weighted by molar-refractivity contribution is 0.0295. The summed E-state index contributed by atoms with van der Waals surface area (Å²) in [5.41, 5.74) is 2.37. The average Bonchev–Trinajstić information content (AvgIpc) is 3.24. The zero-order valence-corrected chi connectivity index (χ0v) is 27.1. The number of phenolic OH excluding ortho intramolecular Hbond substituents is 1. The highest BCUT2D eigenvalue weighted by molar-refractivity contribution is 9.08. The van der Waals surface area contributed by atoms with Crippen molar-refractivity contribution in [2.75, 3.05) is 26.3 Å². The number of ketones is 1. The van der Waals surface area contributed by atoms with Crippen LogP contribution in [-0.4, -0.2) is 57.1 Å². The number of rotatable bonds is 9. The summed E-state index contributed by atoms with van der Waals surface area (Å²) in [5.74, 6) is 0.592. The molecule has 0 radical (unpaired) electrons. The molecule has 0 aliphatic carbocycles. The number of aromatic nitrogens is 2. The van der Waals surface area contributed by atoms with Crippen molar-refractivity contribution >= 4 is 27.8 Å². The first-order valence-electron chi connectivity index (χ1n) is 14.5. The molecule has 9 heteroatoms. The molecule has 1 aliphatic rings. The highest BCUT2D eigenvalue weighted by Crippen LogP contribution is 2.40. The molecule has 1 aliphatic heterocycles. The summed E-state index contributed by atoms with van der Waals surface area (Å²) in [6, 6.07) is 3.62. The zero-order valence-electron chi connectivity index (χ0n) is 25.5. The molecular formula is C31H47BrN4O4. The second-order valence-electron chi connectivity index (χ2n) is 12.9. The minimum Gasteiger partial charge on any atom is -0.507 e. The number of hydrogen-bond donors (Lipinski definition) is 1. The number of nitrogens with zero attached hydrogens (tertiary/aromatic N) is 4. The van der Waals surface area contributed by atoms with E-state index in [9.17, 15) is 14.7 Å². The molecule has 1 aromatic heterocycles. The molecule has 2 heterocycles. The van der Waals surface area contributed by atoms with E-state index in [4.69, 9.17) is 4.74 Å². The van der Waals surface area contributed by atoms with Crippen molar-refractivity contribution in [3.05, 3.63) is 46.3 Å². The Morgan fingerprint density at radius 1 is 1.02 bits per heavy atom. The van der Waals surface area contributed by atoms with Gasteiger partial charge in [0.1, 0.15) is 11.4 Å². The van der Waals surface area contributed by atoms with Crippen LogP contribution in [0.25, 0.3) is 0 Å². The Labute approximate surface area is 247 Å². The molecule has 0 saturated carbocycles. The predicted molar refractivity (Wildman–Crippen MR) is 162 cm³/mol. The molecule has 8 nitrogen and oxygen atoms in total. The van der Waals surface area contributed by atoms with Crippen molar-refractivity contribution < 1.29 is 19.4 Å². The normalized spacial score (nSPS) is 15.2. The molecule has 222 valence electrons. The van der Waals surface area contributed by atoms with E-state index in [-0.39, 0.29) is 34.8 Å². The summed E-state index contributed by atoms with van der Waals surface area (Å²) >= 11 is 3.28. The minimum atomic E-state index is -0.347. The van der Waals surface area contributed by atoms with E-state index in [1.807, 2.05) is 63.1 Å². The van der Waals surface area contributed by atoms with Crippen LogP contribution in [0.15, 0.2) is 22.3 Å². The number of carbonyl (C=O) groups is 2. The standard InChI is InChI=1S/C31H47BrN4O4/c1-9-21(10-2)11-12-36-25(28(39)34-13-15-40-16-14-34)19-35(29(36)33-32)20-26(37)22-17-23(30(3,4)5)27(38)24(18-22)31(6,7)8/h17-19,21,38H,9-16,20H2,1-8H3/b33-29+. The summed E-state index contributed by atoms with van der Waals surface area (Å²) in [6.07, 6.45) is 4.81. The van der Waals surface area contributed by atoms with Gasteiger partial charge in [-0.1, -0.05) is 68.2 Å². The van der Waals surface area contributed by atoms with Crippen LogP contribution in [0.4, 0.5) is 0 Å². The van der Waals surface area contributed by atoms with Crippen LogP contribution < -0.4 is 5.62 Å². The van der Waals surface area contributed by atoms with E-state index in [2.05, 4.69) is 34.0 Å². The number of Topliss-reactive ketones (excluding diaryl/α,β-unsaturated/α-hetero) is 1. The zero-order chi connectivity index (χ0) is 29.8. The molecule has 1 saturated heterocycles. The number of ether oxygens (including phenoxy) is 1. The van der Waals surface area contributed by atoms with Crippen molar-refractivity contribution in [1.82, 2.24) is 14.0 Å². The Kier molecular flexibility index (Phi) is 10.5. The summed E-state index contributed by atoms with van der Waals surface area (Å²) in [6.45, 7) is 19.3. The molecule has 40 heavy (non-hydrogen) atoms. The van der Waals surface area contributed by atoms with Crippen LogP contribution in [0.3, 0.4) is 0 Å². The molecule has 0 spiro atoms. The maximum absolute atomic E-state index is 13.8. The second-order valence-corrected chi connectivity index (χ2v) is 13.3. The van der Waals surface area contributed by atoms with Crippen molar-refractivity contribution in [3.8, 4) is 5.75 Å². The smallest absolute Gasteiger partial charge is 0.272 e. The Morgan fingerprint density at radius 3 is 2.05 bits per heavy atom. The summed E-state index contributed by atoms with van der Waals surface area (Å²) in [5, 5.41) is 11.1. The molecule has 0 atom stereocenters. The predicted octanol–water partition coefficient (Wildman–Crippen LogP) is 5.98. The van der Waals surface area contributed by atoms with Crippen molar-refractivity contribution in [1.29, 1.82) is 0 Å². The number of benzene rings is 1. The summed E-state index contributed by atoms with van der Waals surface area (Å²) in [7, 11) is 0. The topological polar surface area (TPSA) is 89.1 Å². The van der Waals surface area contributed by atoms with Gasteiger partial charge in [0, 0.05) is 42.5 Å². The van der Waals surface area contributed by atoms with Crippen molar-refractivity contribution in [3.63, 3.8) is 0 Å². The van der Waals surface area contributed by atoms with Gasteiger partial charge in [0.15, 0.2) is 5.78 Å². The largest absolute Gasteiger partial charge is 0.507 e. The maximum Gasteiger partial charge on any atom is 0.272 e. The minimum absolute atomic E-state index is 0.0176. The third-order valence-corrected chi connectivity index (χ3v) is 8.25. The first kappa shape index (κ1) is 32.1. The van der Waals surface area contributed by atoms with Gasteiger partial charge in [0.05, 0.1) is 35.9 Å². The molecule has 1 aromatic carbocycles. The lowest BCUT2D eigenvalue weighted by atomic mass is 9.78. The Morgan fingerprint density at radius 2 is 1.57 bits per heavy atom. The van der Waals surface area contributed by atoms with Gasteiger partial charge in [-0.2, -0.15) is 4.02 Å². The molecule has 1 N–H and O–H groups in total. The van der Waals surface area contributed by atoms with E-state index in [0.29, 0.717) is 55.6 Å². The van der Waals surface area contributed by atoms with Crippen molar-refractivity contribution in [2.24, 2.45) is 9.94 Å². The highest BCUT2D eigenvalue weighted by Gasteiger charge is 2.29. The van der Waals surface area contributed by atoms with E-state index in [0.717, 1.165) is 30.4 Å². The van der Waals surface area contributed by atoms with Crippen LogP contribution in [0.5, 0.6) is 5.75 Å². The van der Waals surface area contributed by atoms with Crippen molar-refractivity contribution in [2.45, 2.75) is 98.6 Å². The number of imidazole rings is 1. The first-order valence-corrected chi connectivity index (χ1v) is 15.2. The monoisotopic (exact) mass is 618 g/mol. The average molecular weight is 620 g/mol. The van der Waals surface area contributed by atoms with Crippen LogP contribution in [0.1, 0.15) is 107 Å². The third kappa shape index (κ3) is 7.27. The van der Waals surface area contributed by atoms with Crippen LogP contribution in [0, 0.1) is 5.92 Å². The number of aromatic hydroxyl groups is 1. The van der Waals surface area contributed by atoms with Crippen LogP contribution in [0.2, 0.25) is 0 Å². The number of halogens is 1. The quantitative estimate of drug-likeness (QED) is 0.350. The number of carbonyl (C=O) groups excluding carboxylic acids is 2. The fourth-order valence-electron chi connectivity index (χ4n) is 5.26. The number of morpholine rings is 1. The van der Waals surface area contributed by atoms with Crippen LogP contribution >= 0.6 is 16.1 Å². The molecule has 2 aromatic rings. The molecule has 1 fully saturated rings.